The van der Waals surface area contributed by atoms with E-state index in [1.165, 1.54) is 11.3 Å². The molecule has 5 atom stereocenters. The molecule has 15 heteroatoms. The smallest absolute Gasteiger partial charge is 0.405 e. The van der Waals surface area contributed by atoms with Crippen molar-refractivity contribution >= 4 is 23.2 Å². The minimum atomic E-state index is -4.59. The highest BCUT2D eigenvalue weighted by Gasteiger charge is 2.38. The van der Waals surface area contributed by atoms with Crippen molar-refractivity contribution < 1.29 is 42.1 Å². The first-order valence-electron chi connectivity index (χ1n) is 16.7. The van der Waals surface area contributed by atoms with Crippen molar-refractivity contribution in [3.63, 3.8) is 0 Å². The predicted octanol–water partition coefficient (Wildman–Crippen LogP) is 3.79. The molecule has 1 saturated heterocycles. The topological polar surface area (TPSA) is 140 Å². The summed E-state index contributed by atoms with van der Waals surface area (Å²) in [7, 11) is 0. The Balaban J connectivity index is 1.13. The van der Waals surface area contributed by atoms with Crippen LogP contribution in [-0.4, -0.2) is 101 Å². The minimum Gasteiger partial charge on any atom is -0.490 e. The third-order valence-electron chi connectivity index (χ3n) is 9.08. The van der Waals surface area contributed by atoms with Crippen LogP contribution in [-0.2, 0) is 22.6 Å². The Morgan fingerprint density at radius 3 is 2.67 bits per heavy atom. The molecule has 2 aliphatic heterocycles. The Kier molecular flexibility index (Phi) is 11.7. The highest BCUT2D eigenvalue weighted by molar-refractivity contribution is 7.07. The van der Waals surface area contributed by atoms with Crippen LogP contribution in [0.1, 0.15) is 29.3 Å². The number of benzene rings is 1. The van der Waals surface area contributed by atoms with Crippen molar-refractivity contribution in [2.45, 2.75) is 49.9 Å². The lowest BCUT2D eigenvalue weighted by Gasteiger charge is -2.41. The number of carbonyl (C=O) groups is 2. The number of hydrogen-bond donors (Lipinski definition) is 4. The number of fused-ring (bicyclic) bond motifs is 1. The van der Waals surface area contributed by atoms with Crippen LogP contribution in [0.5, 0.6) is 5.75 Å². The lowest BCUT2D eigenvalue weighted by atomic mass is 9.91. The predicted molar refractivity (Wildman–Crippen MR) is 183 cm³/mol. The summed E-state index contributed by atoms with van der Waals surface area (Å²) >= 11 is 1.48. The number of amides is 2. The number of nitrogens with zero attached hydrogens (tertiary/aromatic N) is 3. The molecule has 0 aliphatic carbocycles. The second-order valence-corrected chi connectivity index (χ2v) is 13.7. The largest absolute Gasteiger partial charge is 0.490 e. The van der Waals surface area contributed by atoms with E-state index < -0.39 is 48.8 Å². The average Bonchev–Trinajstić information content (AvgIpc) is 3.81. The molecule has 11 nitrogen and oxygen atoms in total. The highest BCUT2D eigenvalue weighted by Crippen LogP contribution is 2.33. The molecule has 2 amide bonds. The second kappa shape index (κ2) is 16.4. The minimum absolute atomic E-state index is 0.00880. The molecule has 0 unspecified atom stereocenters. The van der Waals surface area contributed by atoms with Crippen molar-refractivity contribution in [3.8, 4) is 17.2 Å². The maximum Gasteiger partial charge on any atom is 0.405 e. The lowest BCUT2D eigenvalue weighted by Crippen LogP contribution is -2.60. The van der Waals surface area contributed by atoms with Gasteiger partial charge in [0.25, 0.3) is 0 Å². The Morgan fingerprint density at radius 1 is 1.08 bits per heavy atom. The van der Waals surface area contributed by atoms with Crippen LogP contribution in [0.2, 0.25) is 0 Å². The molecule has 0 radical (unpaired) electrons. The molecule has 0 saturated carbocycles. The Bertz CT molecular complexity index is 1740. The first-order chi connectivity index (χ1) is 24.5. The highest BCUT2D eigenvalue weighted by atomic mass is 32.1. The molecule has 0 bridgehead atoms. The first kappa shape index (κ1) is 36.5. The summed E-state index contributed by atoms with van der Waals surface area (Å²) in [5.41, 5.74) is 2.21. The summed E-state index contributed by atoms with van der Waals surface area (Å²) in [5.74, 6) is -0.131. The molecular formula is C36H40F3N5O6S. The van der Waals surface area contributed by atoms with E-state index in [0.717, 1.165) is 5.56 Å². The number of aliphatic hydroxyl groups excluding tert-OH is 2. The van der Waals surface area contributed by atoms with Crippen LogP contribution < -0.4 is 15.4 Å². The van der Waals surface area contributed by atoms with Gasteiger partial charge < -0.3 is 30.0 Å². The van der Waals surface area contributed by atoms with Gasteiger partial charge in [0.2, 0.25) is 11.8 Å². The molecular weight excluding hydrogens is 687 g/mol. The number of β-amino-alcohol motifs (C(OH)–C–C–N with tert-alkyl or cyclic N) is 1. The number of ether oxygens (including phenoxy) is 1. The fourth-order valence-electron chi connectivity index (χ4n) is 6.57. The summed E-state index contributed by atoms with van der Waals surface area (Å²) < 4.78 is 50.9. The van der Waals surface area contributed by atoms with Crippen molar-refractivity contribution in [3.05, 3.63) is 94.5 Å². The molecule has 3 aromatic heterocycles. The molecule has 51 heavy (non-hydrogen) atoms. The Hall–Kier alpha value is -4.28. The normalized spacial score (nSPS) is 20.9. The van der Waals surface area contributed by atoms with Crippen LogP contribution in [0.4, 0.5) is 13.2 Å². The van der Waals surface area contributed by atoms with Crippen LogP contribution >= 0.6 is 11.3 Å². The number of hydrogen-bond acceptors (Lipinski definition) is 10. The number of aliphatic hydroxyl groups is 2. The van der Waals surface area contributed by atoms with Crippen molar-refractivity contribution in [1.29, 1.82) is 0 Å². The standard InChI is InChI=1S/C36H40F3N5O6S/c37-36(38,39)22-41-35(48)29-19-43(18-26-8-9-32(50-26)28-6-3-4-11-40-28)12-13-44(29)17-25(45)16-24(15-23-10-14-51-21-23)34(47)42-33-27-5-1-2-7-31(27)49-20-30(33)46/h1-11,14,21,24-25,29-30,33,45-46H,12-13,15-20,22H2,(H,41,48)(H,42,47)/t24-,25-,29-,30+,33-/m0/s1. The molecule has 1 fully saturated rings. The SMILES string of the molecule is O=C(N[C@H]1c2ccccc2OC[C@H]1O)[C@@H](Cc1ccsc1)C[C@H](O)CN1CCN(Cc2ccc(-c3ccccn3)o2)C[C@H]1C(=O)NCC(F)(F)F. The number of pyridine rings is 1. The molecule has 4 aromatic rings. The van der Waals surface area contributed by atoms with Gasteiger partial charge in [-0.3, -0.25) is 24.4 Å². The van der Waals surface area contributed by atoms with Gasteiger partial charge in [-0.25, -0.2) is 0 Å². The van der Waals surface area contributed by atoms with Gasteiger partial charge >= 0.3 is 6.18 Å². The zero-order chi connectivity index (χ0) is 36.0. The van der Waals surface area contributed by atoms with Crippen molar-refractivity contribution in [1.82, 2.24) is 25.4 Å². The Morgan fingerprint density at radius 2 is 1.90 bits per heavy atom. The summed E-state index contributed by atoms with van der Waals surface area (Å²) in [6.45, 7) is -0.370. The molecule has 5 heterocycles. The molecule has 1 aromatic carbocycles. The van der Waals surface area contributed by atoms with E-state index >= 15 is 0 Å². The number of nitrogens with one attached hydrogen (secondary N) is 2. The number of piperazine rings is 1. The lowest BCUT2D eigenvalue weighted by molar-refractivity contribution is -0.143. The summed E-state index contributed by atoms with van der Waals surface area (Å²) in [4.78, 5) is 34.9. The molecule has 272 valence electrons. The number of para-hydroxylation sites is 1. The number of rotatable bonds is 13. The van der Waals surface area contributed by atoms with E-state index in [1.54, 1.807) is 53.6 Å². The van der Waals surface area contributed by atoms with E-state index in [2.05, 4.69) is 10.3 Å². The van der Waals surface area contributed by atoms with E-state index in [0.29, 0.717) is 48.0 Å². The fourth-order valence-corrected chi connectivity index (χ4v) is 7.25. The summed E-state index contributed by atoms with van der Waals surface area (Å²) in [6.07, 6.45) is -4.68. The zero-order valence-electron chi connectivity index (χ0n) is 27.7. The number of thiophene rings is 1. The third-order valence-corrected chi connectivity index (χ3v) is 9.81. The van der Waals surface area contributed by atoms with Gasteiger partial charge in [0, 0.05) is 43.9 Å². The summed E-state index contributed by atoms with van der Waals surface area (Å²) in [6, 6.07) is 16.4. The van der Waals surface area contributed by atoms with Gasteiger partial charge in [-0.15, -0.1) is 0 Å². The molecule has 6 rings (SSSR count). The fraction of sp³-hybridized carbons (Fsp3) is 0.417. The monoisotopic (exact) mass is 727 g/mol. The number of carbonyl (C=O) groups excluding carboxylic acids is 2. The van der Waals surface area contributed by atoms with Crippen LogP contribution in [0, 0.1) is 5.92 Å². The maximum absolute atomic E-state index is 13.8. The second-order valence-electron chi connectivity index (χ2n) is 12.9. The van der Waals surface area contributed by atoms with Gasteiger partial charge in [-0.2, -0.15) is 24.5 Å². The number of furan rings is 1. The summed E-state index contributed by atoms with van der Waals surface area (Å²) in [5, 5.41) is 30.9. The van der Waals surface area contributed by atoms with E-state index in [-0.39, 0.29) is 38.6 Å². The molecule has 4 N–H and O–H groups in total. The van der Waals surface area contributed by atoms with Crippen molar-refractivity contribution in [2.75, 3.05) is 39.3 Å². The van der Waals surface area contributed by atoms with E-state index in [9.17, 15) is 33.0 Å². The quantitative estimate of drug-likeness (QED) is 0.162. The Labute approximate surface area is 297 Å². The molecule has 0 spiro atoms. The van der Waals surface area contributed by atoms with Crippen LogP contribution in [0.15, 0.2) is 82.0 Å². The molecule has 2 aliphatic rings. The number of alkyl halides is 3. The van der Waals surface area contributed by atoms with Gasteiger partial charge in [-0.1, -0.05) is 24.3 Å². The first-order valence-corrected chi connectivity index (χ1v) is 17.7. The number of aromatic nitrogens is 1. The average molecular weight is 728 g/mol. The van der Waals surface area contributed by atoms with Gasteiger partial charge in [-0.05, 0) is 65.6 Å². The van der Waals surface area contributed by atoms with Gasteiger partial charge in [0.15, 0.2) is 5.76 Å². The van der Waals surface area contributed by atoms with Gasteiger partial charge in [0.1, 0.15) is 42.5 Å². The van der Waals surface area contributed by atoms with Gasteiger partial charge in [0.05, 0.1) is 18.7 Å². The van der Waals surface area contributed by atoms with Crippen LogP contribution in [0.3, 0.4) is 0 Å². The van der Waals surface area contributed by atoms with Crippen molar-refractivity contribution in [2.24, 2.45) is 5.92 Å². The third kappa shape index (κ3) is 9.74. The van der Waals surface area contributed by atoms with E-state index in [4.69, 9.17) is 9.15 Å². The zero-order valence-corrected chi connectivity index (χ0v) is 28.5. The number of halogens is 3. The van der Waals surface area contributed by atoms with Crippen LogP contribution in [0.25, 0.3) is 11.5 Å². The van der Waals surface area contributed by atoms with E-state index in [1.807, 2.05) is 39.2 Å². The maximum atomic E-state index is 13.8.